The third kappa shape index (κ3) is 3.82. The number of pyridine rings is 2. The molecule has 0 unspecified atom stereocenters. The van der Waals surface area contributed by atoms with Crippen LogP contribution in [0.1, 0.15) is 20.8 Å². The summed E-state index contributed by atoms with van der Waals surface area (Å²) in [5.41, 5.74) is 7.40. The molecular weight excluding hydrogens is 452 g/mol. The van der Waals surface area contributed by atoms with Gasteiger partial charge in [-0.15, -0.1) is 0 Å². The van der Waals surface area contributed by atoms with Crippen molar-refractivity contribution in [3.8, 4) is 33.8 Å². The molecule has 5 heterocycles. The number of anilines is 1. The van der Waals surface area contributed by atoms with Crippen molar-refractivity contribution in [2.45, 2.75) is 20.8 Å². The minimum absolute atomic E-state index is 0.0582. The summed E-state index contributed by atoms with van der Waals surface area (Å²) in [6.45, 7) is 5.64. The molecular formula is C28H24N6O2. The quantitative estimate of drug-likeness (QED) is 0.272. The van der Waals surface area contributed by atoms with Gasteiger partial charge in [0.1, 0.15) is 5.69 Å². The SMILES string of the molecule is CC(C)(C)C(=O)Nc1cncc(-c2ccc3[nH]nc(-c4cc5c(-c6ccoc6)nccc5[nH]4)c3c2)c1. The lowest BCUT2D eigenvalue weighted by atomic mass is 9.95. The summed E-state index contributed by atoms with van der Waals surface area (Å²) in [7, 11) is 0. The molecule has 5 aromatic heterocycles. The molecule has 1 aromatic carbocycles. The van der Waals surface area contributed by atoms with E-state index in [0.717, 1.165) is 55.6 Å². The summed E-state index contributed by atoms with van der Waals surface area (Å²) in [5, 5.41) is 12.7. The van der Waals surface area contributed by atoms with Crippen LogP contribution in [0.5, 0.6) is 0 Å². The summed E-state index contributed by atoms with van der Waals surface area (Å²) in [6, 6.07) is 14.0. The van der Waals surface area contributed by atoms with Crippen LogP contribution in [0.25, 0.3) is 55.6 Å². The van der Waals surface area contributed by atoms with E-state index in [1.807, 2.05) is 51.1 Å². The number of benzene rings is 1. The van der Waals surface area contributed by atoms with Gasteiger partial charge < -0.3 is 14.7 Å². The molecule has 0 atom stereocenters. The van der Waals surface area contributed by atoms with E-state index in [2.05, 4.69) is 42.6 Å². The number of amides is 1. The zero-order chi connectivity index (χ0) is 24.9. The van der Waals surface area contributed by atoms with Gasteiger partial charge in [0.05, 0.1) is 41.3 Å². The Morgan fingerprint density at radius 3 is 2.58 bits per heavy atom. The molecule has 1 amide bonds. The van der Waals surface area contributed by atoms with Crippen LogP contribution in [0.3, 0.4) is 0 Å². The van der Waals surface area contributed by atoms with Crippen molar-refractivity contribution in [3.05, 3.63) is 73.6 Å². The lowest BCUT2D eigenvalue weighted by Gasteiger charge is -2.17. The molecule has 0 saturated carbocycles. The molecule has 6 aromatic rings. The van der Waals surface area contributed by atoms with Crippen LogP contribution in [-0.2, 0) is 4.79 Å². The molecule has 0 saturated heterocycles. The molecule has 0 fully saturated rings. The van der Waals surface area contributed by atoms with Crippen LogP contribution in [0, 0.1) is 5.41 Å². The summed E-state index contributed by atoms with van der Waals surface area (Å²) < 4.78 is 5.26. The Kier molecular flexibility index (Phi) is 4.96. The third-order valence-electron chi connectivity index (χ3n) is 6.17. The third-order valence-corrected chi connectivity index (χ3v) is 6.17. The second-order valence-corrected chi connectivity index (χ2v) is 9.81. The van der Waals surface area contributed by atoms with Crippen LogP contribution < -0.4 is 5.32 Å². The molecule has 0 aliphatic heterocycles. The van der Waals surface area contributed by atoms with Gasteiger partial charge in [0.15, 0.2) is 0 Å². The Hall–Kier alpha value is -4.72. The molecule has 0 radical (unpaired) electrons. The molecule has 0 aliphatic rings. The monoisotopic (exact) mass is 476 g/mol. The number of furan rings is 1. The van der Waals surface area contributed by atoms with E-state index in [1.54, 1.807) is 31.1 Å². The van der Waals surface area contributed by atoms with Gasteiger partial charge in [-0.1, -0.05) is 26.8 Å². The topological polar surface area (TPSA) is 112 Å². The number of H-pyrrole nitrogens is 2. The molecule has 6 rings (SSSR count). The van der Waals surface area contributed by atoms with Gasteiger partial charge >= 0.3 is 0 Å². The van der Waals surface area contributed by atoms with Crippen molar-refractivity contribution in [1.82, 2.24) is 25.1 Å². The van der Waals surface area contributed by atoms with E-state index < -0.39 is 5.41 Å². The standard InChI is InChI=1S/C28H24N6O2/c1-28(2,3)27(35)31-19-10-18(13-29-14-19)16-4-5-23-20(11-16)26(34-33-23)24-12-21-22(32-24)6-8-30-25(21)17-7-9-36-15-17/h4-15,32H,1-3H3,(H,31,35)(H,33,34). The maximum absolute atomic E-state index is 12.4. The smallest absolute Gasteiger partial charge is 0.229 e. The minimum atomic E-state index is -0.493. The zero-order valence-electron chi connectivity index (χ0n) is 20.1. The van der Waals surface area contributed by atoms with E-state index in [4.69, 9.17) is 4.42 Å². The first-order valence-electron chi connectivity index (χ1n) is 11.6. The molecule has 0 bridgehead atoms. The van der Waals surface area contributed by atoms with Crippen LogP contribution >= 0.6 is 0 Å². The van der Waals surface area contributed by atoms with Gasteiger partial charge in [-0.3, -0.25) is 19.9 Å². The average molecular weight is 477 g/mol. The Balaban J connectivity index is 1.40. The molecule has 0 aliphatic carbocycles. The minimum Gasteiger partial charge on any atom is -0.472 e. The Morgan fingerprint density at radius 1 is 0.917 bits per heavy atom. The van der Waals surface area contributed by atoms with Crippen LogP contribution in [-0.4, -0.2) is 31.1 Å². The highest BCUT2D eigenvalue weighted by Gasteiger charge is 2.21. The number of nitrogens with one attached hydrogen (secondary N) is 3. The highest BCUT2D eigenvalue weighted by molar-refractivity contribution is 6.01. The van der Waals surface area contributed by atoms with E-state index in [1.165, 1.54) is 0 Å². The van der Waals surface area contributed by atoms with Crippen molar-refractivity contribution < 1.29 is 9.21 Å². The van der Waals surface area contributed by atoms with Crippen molar-refractivity contribution in [1.29, 1.82) is 0 Å². The van der Waals surface area contributed by atoms with Gasteiger partial charge in [0.25, 0.3) is 0 Å². The second kappa shape index (κ2) is 8.20. The first kappa shape index (κ1) is 21.8. The summed E-state index contributed by atoms with van der Waals surface area (Å²) in [4.78, 5) is 24.8. The molecule has 36 heavy (non-hydrogen) atoms. The van der Waals surface area contributed by atoms with Crippen molar-refractivity contribution in [3.63, 3.8) is 0 Å². The number of rotatable bonds is 4. The van der Waals surface area contributed by atoms with Crippen molar-refractivity contribution in [2.75, 3.05) is 5.32 Å². The summed E-state index contributed by atoms with van der Waals surface area (Å²) in [5.74, 6) is -0.0582. The van der Waals surface area contributed by atoms with Crippen LogP contribution in [0.4, 0.5) is 5.69 Å². The number of aromatic amines is 2. The maximum atomic E-state index is 12.4. The molecule has 0 spiro atoms. The van der Waals surface area contributed by atoms with Crippen LogP contribution in [0.2, 0.25) is 0 Å². The number of carbonyl (C=O) groups excluding carboxylic acids is 1. The number of carbonyl (C=O) groups is 1. The van der Waals surface area contributed by atoms with Crippen molar-refractivity contribution >= 4 is 33.4 Å². The van der Waals surface area contributed by atoms with Crippen LogP contribution in [0.15, 0.2) is 78.0 Å². The Bertz CT molecular complexity index is 1720. The predicted molar refractivity (Wildman–Crippen MR) is 140 cm³/mol. The fourth-order valence-electron chi connectivity index (χ4n) is 4.19. The Morgan fingerprint density at radius 2 is 1.78 bits per heavy atom. The molecule has 8 nitrogen and oxygen atoms in total. The normalized spacial score (nSPS) is 11.9. The van der Waals surface area contributed by atoms with Gasteiger partial charge in [0.2, 0.25) is 5.91 Å². The van der Waals surface area contributed by atoms with Gasteiger partial charge in [-0.05, 0) is 42.0 Å². The summed E-state index contributed by atoms with van der Waals surface area (Å²) in [6.07, 6.45) is 8.57. The molecule has 8 heteroatoms. The summed E-state index contributed by atoms with van der Waals surface area (Å²) >= 11 is 0. The zero-order valence-corrected chi connectivity index (χ0v) is 20.1. The first-order chi connectivity index (χ1) is 17.4. The highest BCUT2D eigenvalue weighted by Crippen LogP contribution is 2.34. The predicted octanol–water partition coefficient (Wildman–Crippen LogP) is 6.41. The van der Waals surface area contributed by atoms with Crippen molar-refractivity contribution in [2.24, 2.45) is 5.41 Å². The lowest BCUT2D eigenvalue weighted by molar-refractivity contribution is -0.123. The fourth-order valence-corrected chi connectivity index (χ4v) is 4.19. The van der Waals surface area contributed by atoms with E-state index >= 15 is 0 Å². The Labute approximate surface area is 206 Å². The number of aromatic nitrogens is 5. The second-order valence-electron chi connectivity index (χ2n) is 9.81. The van der Waals surface area contributed by atoms with E-state index in [-0.39, 0.29) is 5.91 Å². The van der Waals surface area contributed by atoms with Gasteiger partial charge in [0, 0.05) is 45.2 Å². The van der Waals surface area contributed by atoms with Gasteiger partial charge in [-0.25, -0.2) is 0 Å². The largest absolute Gasteiger partial charge is 0.472 e. The number of nitrogens with zero attached hydrogens (tertiary/aromatic N) is 3. The molecule has 3 N–H and O–H groups in total. The number of hydrogen-bond acceptors (Lipinski definition) is 5. The number of hydrogen-bond donors (Lipinski definition) is 3. The first-order valence-corrected chi connectivity index (χ1v) is 11.6. The highest BCUT2D eigenvalue weighted by atomic mass is 16.3. The van der Waals surface area contributed by atoms with Gasteiger partial charge in [-0.2, -0.15) is 5.10 Å². The maximum Gasteiger partial charge on any atom is 0.229 e. The average Bonchev–Trinajstić information content (AvgIpc) is 3.62. The lowest BCUT2D eigenvalue weighted by Crippen LogP contribution is -2.27. The van der Waals surface area contributed by atoms with E-state index in [9.17, 15) is 4.79 Å². The fraction of sp³-hybridized carbons (Fsp3) is 0.143. The molecule has 178 valence electrons. The number of fused-ring (bicyclic) bond motifs is 2. The van der Waals surface area contributed by atoms with E-state index in [0.29, 0.717) is 5.69 Å².